The van der Waals surface area contributed by atoms with Gasteiger partial charge in [-0.3, -0.25) is 14.5 Å². The smallest absolute Gasteiger partial charge is 0.324 e. The van der Waals surface area contributed by atoms with Gasteiger partial charge in [0.05, 0.1) is 6.42 Å². The van der Waals surface area contributed by atoms with Crippen molar-refractivity contribution in [2.45, 2.75) is 38.3 Å². The van der Waals surface area contributed by atoms with Gasteiger partial charge in [0.1, 0.15) is 24.5 Å². The van der Waals surface area contributed by atoms with Gasteiger partial charge in [-0.2, -0.15) is 0 Å². The quantitative estimate of drug-likeness (QED) is 0.523. The number of carboxylic acids is 1. The molecule has 33 heavy (non-hydrogen) atoms. The molecule has 2 aromatic carbocycles. The fourth-order valence-corrected chi connectivity index (χ4v) is 3.95. The summed E-state index contributed by atoms with van der Waals surface area (Å²) in [6.45, 7) is 4.85. The largest absolute Gasteiger partial charge is 0.489 e. The van der Waals surface area contributed by atoms with Crippen LogP contribution < -0.4 is 4.74 Å². The zero-order chi connectivity index (χ0) is 23.6. The number of carboxylic acid groups (broad SMARTS) is 1. The molecular weight excluding hydrogens is 420 g/mol. The average Bonchev–Trinajstić information content (AvgIpc) is 2.81. The number of ether oxygens (including phenoxy) is 2. The number of rotatable bonds is 11. The second-order valence-corrected chi connectivity index (χ2v) is 8.60. The van der Waals surface area contributed by atoms with E-state index in [1.54, 1.807) is 6.92 Å². The topological polar surface area (TPSA) is 79.3 Å². The van der Waals surface area contributed by atoms with Gasteiger partial charge < -0.3 is 19.5 Å². The maximum atomic E-state index is 12.8. The maximum Gasteiger partial charge on any atom is 0.324 e. The van der Waals surface area contributed by atoms with E-state index in [9.17, 15) is 14.7 Å². The molecule has 0 saturated carbocycles. The van der Waals surface area contributed by atoms with Gasteiger partial charge >= 0.3 is 11.9 Å². The fraction of sp³-hybridized carbons (Fsp3) is 0.462. The van der Waals surface area contributed by atoms with Gasteiger partial charge in [-0.25, -0.2) is 0 Å². The summed E-state index contributed by atoms with van der Waals surface area (Å²) in [7, 11) is 2.01. The normalized spacial score (nSPS) is 16.7. The van der Waals surface area contributed by atoms with E-state index < -0.39 is 24.1 Å². The summed E-state index contributed by atoms with van der Waals surface area (Å²) < 4.78 is 11.6. The number of likely N-dealkylation sites (N-methyl/N-ethyl adjacent to an activating group) is 1. The maximum absolute atomic E-state index is 12.8. The number of piperazine rings is 1. The first-order valence-electron chi connectivity index (χ1n) is 11.5. The molecule has 1 aliphatic heterocycles. The first-order valence-corrected chi connectivity index (χ1v) is 11.5. The van der Waals surface area contributed by atoms with Crippen LogP contribution in [0.25, 0.3) is 0 Å². The van der Waals surface area contributed by atoms with Crippen LogP contribution in [0.5, 0.6) is 5.75 Å². The van der Waals surface area contributed by atoms with Crippen LogP contribution >= 0.6 is 0 Å². The van der Waals surface area contributed by atoms with Crippen molar-refractivity contribution in [1.29, 1.82) is 0 Å². The van der Waals surface area contributed by atoms with Crippen molar-refractivity contribution in [2.24, 2.45) is 0 Å². The second kappa shape index (κ2) is 12.4. The zero-order valence-electron chi connectivity index (χ0n) is 19.5. The highest BCUT2D eigenvalue weighted by molar-refractivity contribution is 5.82. The third kappa shape index (κ3) is 7.87. The van der Waals surface area contributed by atoms with Crippen molar-refractivity contribution in [1.82, 2.24) is 9.80 Å². The summed E-state index contributed by atoms with van der Waals surface area (Å²) in [5.74, 6) is -0.736. The molecule has 1 fully saturated rings. The van der Waals surface area contributed by atoms with Crippen molar-refractivity contribution in [3.8, 4) is 5.75 Å². The van der Waals surface area contributed by atoms with Gasteiger partial charge in [0.2, 0.25) is 0 Å². The molecule has 178 valence electrons. The Morgan fingerprint density at radius 1 is 0.970 bits per heavy atom. The molecule has 0 radical (unpaired) electrons. The molecule has 0 aliphatic carbocycles. The summed E-state index contributed by atoms with van der Waals surface area (Å²) >= 11 is 0. The average molecular weight is 455 g/mol. The minimum absolute atomic E-state index is 0.205. The number of esters is 1. The number of benzene rings is 2. The van der Waals surface area contributed by atoms with Crippen LogP contribution in [-0.2, 0) is 27.2 Å². The highest BCUT2D eigenvalue weighted by Gasteiger charge is 2.32. The van der Waals surface area contributed by atoms with Gasteiger partial charge in [0.15, 0.2) is 0 Å². The number of hydrogen-bond donors (Lipinski definition) is 1. The van der Waals surface area contributed by atoms with Gasteiger partial charge in [-0.1, -0.05) is 48.5 Å². The lowest BCUT2D eigenvalue weighted by Crippen LogP contribution is -2.53. The Hall–Kier alpha value is -2.90. The van der Waals surface area contributed by atoms with E-state index >= 15 is 0 Å². The van der Waals surface area contributed by atoms with Gasteiger partial charge in [0, 0.05) is 26.2 Å². The number of carbonyl (C=O) groups is 2. The monoisotopic (exact) mass is 454 g/mol. The van der Waals surface area contributed by atoms with E-state index in [4.69, 9.17) is 9.47 Å². The zero-order valence-corrected chi connectivity index (χ0v) is 19.5. The predicted molar refractivity (Wildman–Crippen MR) is 126 cm³/mol. The van der Waals surface area contributed by atoms with E-state index in [0.29, 0.717) is 13.1 Å². The summed E-state index contributed by atoms with van der Waals surface area (Å²) in [4.78, 5) is 28.2. The van der Waals surface area contributed by atoms with Crippen molar-refractivity contribution in [3.05, 3.63) is 65.7 Å². The standard InChI is InChI=1S/C26H34N2O5/c1-20(33-26(31)23(18-25(29)30)28-16-14-27(2)15-17-28)19-32-24-11-7-6-10-22(24)13-12-21-8-4-3-5-9-21/h3-11,20,23H,12-19H2,1-2H3,(H,29,30). The van der Waals surface area contributed by atoms with Crippen LogP contribution in [0.3, 0.4) is 0 Å². The van der Waals surface area contributed by atoms with Crippen LogP contribution in [0.2, 0.25) is 0 Å². The van der Waals surface area contributed by atoms with Crippen LogP contribution in [0.4, 0.5) is 0 Å². The Morgan fingerprint density at radius 3 is 2.33 bits per heavy atom. The third-order valence-electron chi connectivity index (χ3n) is 5.91. The summed E-state index contributed by atoms with van der Waals surface area (Å²) in [5, 5.41) is 9.30. The van der Waals surface area contributed by atoms with Crippen molar-refractivity contribution in [3.63, 3.8) is 0 Å². The third-order valence-corrected chi connectivity index (χ3v) is 5.91. The number of carbonyl (C=O) groups excluding carboxylic acids is 1. The molecule has 2 aromatic rings. The highest BCUT2D eigenvalue weighted by atomic mass is 16.6. The Morgan fingerprint density at radius 2 is 1.64 bits per heavy atom. The first kappa shape index (κ1) is 24.7. The van der Waals surface area contributed by atoms with Crippen LogP contribution in [0, 0.1) is 0 Å². The number of aryl methyl sites for hydroxylation is 2. The predicted octanol–water partition coefficient (Wildman–Crippen LogP) is 2.87. The Kier molecular flexibility index (Phi) is 9.27. The van der Waals surface area contributed by atoms with Crippen LogP contribution in [0.15, 0.2) is 54.6 Å². The molecule has 2 atom stereocenters. The Bertz CT molecular complexity index is 897. The fourth-order valence-electron chi connectivity index (χ4n) is 3.95. The molecule has 1 N–H and O–H groups in total. The summed E-state index contributed by atoms with van der Waals surface area (Å²) in [6.07, 6.45) is 0.994. The van der Waals surface area contributed by atoms with E-state index in [-0.39, 0.29) is 13.0 Å². The number of nitrogens with zero attached hydrogens (tertiary/aromatic N) is 2. The molecule has 0 bridgehead atoms. The van der Waals surface area contributed by atoms with Gasteiger partial charge in [0.25, 0.3) is 0 Å². The summed E-state index contributed by atoms with van der Waals surface area (Å²) in [5.41, 5.74) is 2.36. The molecule has 7 nitrogen and oxygen atoms in total. The minimum Gasteiger partial charge on any atom is -0.489 e. The van der Waals surface area contributed by atoms with Crippen molar-refractivity contribution < 1.29 is 24.2 Å². The number of para-hydroxylation sites is 1. The highest BCUT2D eigenvalue weighted by Crippen LogP contribution is 2.21. The lowest BCUT2D eigenvalue weighted by Gasteiger charge is -2.36. The molecule has 3 rings (SSSR count). The molecule has 1 saturated heterocycles. The van der Waals surface area contributed by atoms with Crippen molar-refractivity contribution in [2.75, 3.05) is 39.8 Å². The van der Waals surface area contributed by atoms with Crippen LogP contribution in [0.1, 0.15) is 24.5 Å². The molecule has 1 heterocycles. The van der Waals surface area contributed by atoms with E-state index in [1.165, 1.54) is 5.56 Å². The summed E-state index contributed by atoms with van der Waals surface area (Å²) in [6, 6.07) is 17.4. The SMILES string of the molecule is CC(COc1ccccc1CCc1ccccc1)OC(=O)C(CC(=O)O)N1CCN(C)CC1. The number of aliphatic carboxylic acids is 1. The van der Waals surface area contributed by atoms with Gasteiger partial charge in [-0.15, -0.1) is 0 Å². The van der Waals surface area contributed by atoms with E-state index in [2.05, 4.69) is 17.0 Å². The van der Waals surface area contributed by atoms with Crippen molar-refractivity contribution >= 4 is 11.9 Å². The van der Waals surface area contributed by atoms with Gasteiger partial charge in [-0.05, 0) is 44.0 Å². The molecule has 7 heteroatoms. The Labute approximate surface area is 195 Å². The molecule has 2 unspecified atom stereocenters. The minimum atomic E-state index is -1.01. The van der Waals surface area contributed by atoms with Crippen LogP contribution in [-0.4, -0.2) is 78.8 Å². The molecular formula is C26H34N2O5. The second-order valence-electron chi connectivity index (χ2n) is 8.60. The van der Waals surface area contributed by atoms with E-state index in [1.807, 2.05) is 54.4 Å². The lowest BCUT2D eigenvalue weighted by atomic mass is 10.0. The molecule has 1 aliphatic rings. The first-order chi connectivity index (χ1) is 15.9. The number of hydrogen-bond acceptors (Lipinski definition) is 6. The Balaban J connectivity index is 1.54. The lowest BCUT2D eigenvalue weighted by molar-refractivity contribution is -0.160. The molecule has 0 amide bonds. The molecule has 0 spiro atoms. The molecule has 0 aromatic heterocycles. The van der Waals surface area contributed by atoms with E-state index in [0.717, 1.165) is 37.2 Å².